The number of rotatable bonds is 1. The number of fused-ring (bicyclic) bond motifs is 1. The number of imidazole rings is 1. The van der Waals surface area contributed by atoms with Crippen molar-refractivity contribution in [3.63, 3.8) is 0 Å². The van der Waals surface area contributed by atoms with E-state index in [1.54, 1.807) is 0 Å². The maximum Gasteiger partial charge on any atom is 0.203 e. The molecule has 2 atom stereocenters. The van der Waals surface area contributed by atoms with E-state index in [0.29, 0.717) is 6.04 Å². The smallest absolute Gasteiger partial charge is 0.203 e. The van der Waals surface area contributed by atoms with Crippen LogP contribution < -0.4 is 10.6 Å². The molecule has 4 nitrogen and oxygen atoms in total. The first-order valence-corrected chi connectivity index (χ1v) is 6.34. The third-order valence-electron chi connectivity index (χ3n) is 3.81. The van der Waals surface area contributed by atoms with E-state index in [0.717, 1.165) is 24.1 Å². The Kier molecular flexibility index (Phi) is 2.59. The normalized spacial score (nSPS) is 29.6. The number of aromatic nitrogens is 2. The predicted octanol–water partition coefficient (Wildman–Crippen LogP) is 1.55. The SMILES string of the molecule is Cc1cn2c(n1)NCCC2C1CCCNC1. The summed E-state index contributed by atoms with van der Waals surface area (Å²) in [6.07, 6.45) is 6.10. The van der Waals surface area contributed by atoms with Crippen molar-refractivity contribution in [1.29, 1.82) is 0 Å². The summed E-state index contributed by atoms with van der Waals surface area (Å²) in [5, 5.41) is 6.90. The van der Waals surface area contributed by atoms with Gasteiger partial charge in [-0.2, -0.15) is 0 Å². The Bertz CT molecular complexity index is 365. The van der Waals surface area contributed by atoms with Crippen LogP contribution in [0.25, 0.3) is 0 Å². The van der Waals surface area contributed by atoms with Gasteiger partial charge in [0.05, 0.1) is 5.69 Å². The molecule has 2 N–H and O–H groups in total. The van der Waals surface area contributed by atoms with Crippen LogP contribution in [-0.2, 0) is 0 Å². The Morgan fingerprint density at radius 1 is 1.38 bits per heavy atom. The summed E-state index contributed by atoms with van der Waals surface area (Å²) in [5.41, 5.74) is 1.12. The summed E-state index contributed by atoms with van der Waals surface area (Å²) in [5.74, 6) is 1.85. The first-order valence-electron chi connectivity index (χ1n) is 6.34. The molecule has 1 aromatic heterocycles. The Morgan fingerprint density at radius 3 is 3.12 bits per heavy atom. The largest absolute Gasteiger partial charge is 0.356 e. The number of hydrogen-bond acceptors (Lipinski definition) is 3. The predicted molar refractivity (Wildman–Crippen MR) is 64.7 cm³/mol. The third-order valence-corrected chi connectivity index (χ3v) is 3.81. The van der Waals surface area contributed by atoms with Crippen molar-refractivity contribution < 1.29 is 0 Å². The molecule has 0 aliphatic carbocycles. The van der Waals surface area contributed by atoms with Gasteiger partial charge in [0.1, 0.15) is 0 Å². The van der Waals surface area contributed by atoms with Crippen LogP contribution in [0, 0.1) is 12.8 Å². The maximum atomic E-state index is 4.53. The molecule has 3 rings (SSSR count). The molecule has 88 valence electrons. The quantitative estimate of drug-likeness (QED) is 0.754. The van der Waals surface area contributed by atoms with Gasteiger partial charge in [-0.15, -0.1) is 0 Å². The Hall–Kier alpha value is -1.03. The number of piperidine rings is 1. The monoisotopic (exact) mass is 220 g/mol. The van der Waals surface area contributed by atoms with Crippen LogP contribution in [0.2, 0.25) is 0 Å². The summed E-state index contributed by atoms with van der Waals surface area (Å²) < 4.78 is 2.36. The van der Waals surface area contributed by atoms with Gasteiger partial charge in [-0.3, -0.25) is 0 Å². The molecule has 0 spiro atoms. The van der Waals surface area contributed by atoms with Gasteiger partial charge in [-0.25, -0.2) is 4.98 Å². The van der Waals surface area contributed by atoms with Gasteiger partial charge in [0.25, 0.3) is 0 Å². The molecular weight excluding hydrogens is 200 g/mol. The summed E-state index contributed by atoms with van der Waals surface area (Å²) in [6.45, 7) is 5.50. The van der Waals surface area contributed by atoms with Crippen LogP contribution in [0.4, 0.5) is 5.95 Å². The van der Waals surface area contributed by atoms with Crippen molar-refractivity contribution in [2.75, 3.05) is 25.0 Å². The molecule has 0 saturated carbocycles. The van der Waals surface area contributed by atoms with E-state index >= 15 is 0 Å². The van der Waals surface area contributed by atoms with Crippen LogP contribution >= 0.6 is 0 Å². The minimum absolute atomic E-state index is 0.644. The van der Waals surface area contributed by atoms with E-state index in [9.17, 15) is 0 Å². The average Bonchev–Trinajstić information content (AvgIpc) is 2.70. The lowest BCUT2D eigenvalue weighted by Crippen LogP contribution is -2.37. The highest BCUT2D eigenvalue weighted by Crippen LogP contribution is 2.33. The van der Waals surface area contributed by atoms with Gasteiger partial charge < -0.3 is 15.2 Å². The number of anilines is 1. The Morgan fingerprint density at radius 2 is 2.31 bits per heavy atom. The van der Waals surface area contributed by atoms with E-state index in [1.807, 2.05) is 0 Å². The van der Waals surface area contributed by atoms with Gasteiger partial charge in [0, 0.05) is 18.8 Å². The van der Waals surface area contributed by atoms with Crippen LogP contribution in [0.1, 0.15) is 31.0 Å². The molecule has 4 heteroatoms. The zero-order valence-corrected chi connectivity index (χ0v) is 9.87. The van der Waals surface area contributed by atoms with Gasteiger partial charge >= 0.3 is 0 Å². The van der Waals surface area contributed by atoms with Gasteiger partial charge in [-0.1, -0.05) is 0 Å². The number of hydrogen-bond donors (Lipinski definition) is 2. The van der Waals surface area contributed by atoms with E-state index in [1.165, 1.54) is 32.4 Å². The number of nitrogens with one attached hydrogen (secondary N) is 2. The number of nitrogens with zero attached hydrogens (tertiary/aromatic N) is 2. The van der Waals surface area contributed by atoms with Crippen LogP contribution in [0.3, 0.4) is 0 Å². The molecule has 16 heavy (non-hydrogen) atoms. The molecule has 0 radical (unpaired) electrons. The second kappa shape index (κ2) is 4.09. The molecular formula is C12H20N4. The van der Waals surface area contributed by atoms with Crippen molar-refractivity contribution >= 4 is 5.95 Å². The molecule has 0 amide bonds. The standard InChI is InChI=1S/C12H20N4/c1-9-8-16-11(4-6-14-12(16)15-9)10-3-2-5-13-7-10/h8,10-11,13H,2-7H2,1H3,(H,14,15). The zero-order chi connectivity index (χ0) is 11.0. The van der Waals surface area contributed by atoms with Gasteiger partial charge in [-0.05, 0) is 45.2 Å². The highest BCUT2D eigenvalue weighted by atomic mass is 15.2. The second-order valence-corrected chi connectivity index (χ2v) is 5.00. The van der Waals surface area contributed by atoms with Gasteiger partial charge in [0.2, 0.25) is 5.95 Å². The fourth-order valence-electron chi connectivity index (χ4n) is 3.04. The fourth-order valence-corrected chi connectivity index (χ4v) is 3.04. The lowest BCUT2D eigenvalue weighted by atomic mass is 9.89. The molecule has 1 fully saturated rings. The summed E-state index contributed by atoms with van der Waals surface area (Å²) in [7, 11) is 0. The third kappa shape index (κ3) is 1.71. The van der Waals surface area contributed by atoms with Crippen molar-refractivity contribution in [2.45, 2.75) is 32.2 Å². The highest BCUT2D eigenvalue weighted by molar-refractivity contribution is 5.31. The van der Waals surface area contributed by atoms with Crippen LogP contribution in [-0.4, -0.2) is 29.2 Å². The maximum absolute atomic E-state index is 4.53. The molecule has 1 aromatic rings. The lowest BCUT2D eigenvalue weighted by Gasteiger charge is -2.35. The zero-order valence-electron chi connectivity index (χ0n) is 9.87. The Balaban J connectivity index is 1.85. The molecule has 1 saturated heterocycles. The topological polar surface area (TPSA) is 41.9 Å². The molecule has 0 aromatic carbocycles. The van der Waals surface area contributed by atoms with Crippen molar-refractivity contribution in [3.05, 3.63) is 11.9 Å². The van der Waals surface area contributed by atoms with E-state index < -0.39 is 0 Å². The highest BCUT2D eigenvalue weighted by Gasteiger charge is 2.29. The van der Waals surface area contributed by atoms with Crippen molar-refractivity contribution in [3.8, 4) is 0 Å². The van der Waals surface area contributed by atoms with Crippen molar-refractivity contribution in [1.82, 2.24) is 14.9 Å². The number of aryl methyl sites for hydroxylation is 1. The van der Waals surface area contributed by atoms with Gasteiger partial charge in [0.15, 0.2) is 0 Å². The van der Waals surface area contributed by atoms with Crippen LogP contribution in [0.5, 0.6) is 0 Å². The Labute approximate surface area is 96.4 Å². The molecule has 2 unspecified atom stereocenters. The minimum Gasteiger partial charge on any atom is -0.356 e. The molecule has 2 aliphatic heterocycles. The molecule has 0 bridgehead atoms. The lowest BCUT2D eigenvalue weighted by molar-refractivity contribution is 0.250. The summed E-state index contributed by atoms with van der Waals surface area (Å²) >= 11 is 0. The first kappa shape index (κ1) is 10.1. The second-order valence-electron chi connectivity index (χ2n) is 5.00. The summed E-state index contributed by atoms with van der Waals surface area (Å²) in [6, 6.07) is 0.644. The van der Waals surface area contributed by atoms with E-state index in [4.69, 9.17) is 0 Å². The average molecular weight is 220 g/mol. The van der Waals surface area contributed by atoms with E-state index in [2.05, 4.69) is 33.3 Å². The van der Waals surface area contributed by atoms with E-state index in [-0.39, 0.29) is 0 Å². The summed E-state index contributed by atoms with van der Waals surface area (Å²) in [4.78, 5) is 4.53. The first-order chi connectivity index (χ1) is 7.84. The molecule has 3 heterocycles. The fraction of sp³-hybridized carbons (Fsp3) is 0.750. The molecule has 2 aliphatic rings. The minimum atomic E-state index is 0.644. The van der Waals surface area contributed by atoms with Crippen molar-refractivity contribution in [2.24, 2.45) is 5.92 Å². The van der Waals surface area contributed by atoms with Crippen LogP contribution in [0.15, 0.2) is 6.20 Å².